The van der Waals surface area contributed by atoms with Gasteiger partial charge in [0.25, 0.3) is 0 Å². The van der Waals surface area contributed by atoms with Crippen molar-refractivity contribution >= 4 is 0 Å². The molecule has 1 aromatic heterocycles. The highest BCUT2D eigenvalue weighted by atomic mass is 19.1. The molecule has 1 aromatic carbocycles. The van der Waals surface area contributed by atoms with E-state index >= 15 is 0 Å². The summed E-state index contributed by atoms with van der Waals surface area (Å²) in [7, 11) is 0. The Labute approximate surface area is 124 Å². The van der Waals surface area contributed by atoms with Crippen molar-refractivity contribution in [3.8, 4) is 0 Å². The summed E-state index contributed by atoms with van der Waals surface area (Å²) in [4.78, 5) is 6.70. The van der Waals surface area contributed by atoms with Crippen LogP contribution in [0.5, 0.6) is 0 Å². The van der Waals surface area contributed by atoms with Crippen LogP contribution in [0.3, 0.4) is 0 Å². The van der Waals surface area contributed by atoms with Gasteiger partial charge in [0.1, 0.15) is 5.82 Å². The highest BCUT2D eigenvalue weighted by Crippen LogP contribution is 2.28. The smallest absolute Gasteiger partial charge is 0.123 e. The van der Waals surface area contributed by atoms with Gasteiger partial charge in [0.05, 0.1) is 6.04 Å². The number of nitrogens with one attached hydrogen (secondary N) is 1. The molecule has 0 aliphatic carbocycles. The number of benzene rings is 1. The Morgan fingerprint density at radius 3 is 2.67 bits per heavy atom. The van der Waals surface area contributed by atoms with Gasteiger partial charge in [-0.1, -0.05) is 18.2 Å². The summed E-state index contributed by atoms with van der Waals surface area (Å²) in [5.41, 5.74) is 2.28. The SMILES string of the molecule is Fc1ccc(C(c2cccnc2)N2CCCNCC2)cc1. The van der Waals surface area contributed by atoms with Gasteiger partial charge < -0.3 is 5.32 Å². The molecule has 1 aliphatic heterocycles. The molecule has 1 fully saturated rings. The standard InChI is InChI=1S/C17H20FN3/c18-16-6-4-14(5-7-16)17(15-3-1-8-20-13-15)21-11-2-9-19-10-12-21/h1,3-8,13,17,19H,2,9-12H2. The molecular formula is C17H20FN3. The number of hydrogen-bond acceptors (Lipinski definition) is 3. The predicted molar refractivity (Wildman–Crippen MR) is 81.5 cm³/mol. The van der Waals surface area contributed by atoms with Gasteiger partial charge in [-0.2, -0.15) is 0 Å². The lowest BCUT2D eigenvalue weighted by Crippen LogP contribution is -2.33. The van der Waals surface area contributed by atoms with E-state index in [2.05, 4.69) is 21.3 Å². The van der Waals surface area contributed by atoms with Gasteiger partial charge in [-0.05, 0) is 42.3 Å². The molecule has 1 unspecified atom stereocenters. The van der Waals surface area contributed by atoms with Gasteiger partial charge in [-0.25, -0.2) is 4.39 Å². The highest BCUT2D eigenvalue weighted by molar-refractivity contribution is 5.30. The van der Waals surface area contributed by atoms with Crippen molar-refractivity contribution in [2.75, 3.05) is 26.2 Å². The van der Waals surface area contributed by atoms with Gasteiger partial charge in [-0.15, -0.1) is 0 Å². The number of halogens is 1. The van der Waals surface area contributed by atoms with Crippen molar-refractivity contribution in [3.63, 3.8) is 0 Å². The minimum atomic E-state index is -0.193. The molecule has 0 bridgehead atoms. The third-order valence-corrected chi connectivity index (χ3v) is 3.93. The Morgan fingerprint density at radius 1 is 1.05 bits per heavy atom. The van der Waals surface area contributed by atoms with Crippen molar-refractivity contribution < 1.29 is 4.39 Å². The van der Waals surface area contributed by atoms with Crippen molar-refractivity contribution in [2.45, 2.75) is 12.5 Å². The molecule has 3 rings (SSSR count). The first-order valence-electron chi connectivity index (χ1n) is 7.45. The van der Waals surface area contributed by atoms with E-state index in [1.165, 1.54) is 12.1 Å². The molecule has 1 N–H and O–H groups in total. The molecule has 0 amide bonds. The average Bonchev–Trinajstić information content (AvgIpc) is 2.80. The summed E-state index contributed by atoms with van der Waals surface area (Å²) in [5, 5.41) is 3.43. The Hall–Kier alpha value is -1.78. The van der Waals surface area contributed by atoms with Gasteiger partial charge in [-0.3, -0.25) is 9.88 Å². The maximum Gasteiger partial charge on any atom is 0.123 e. The summed E-state index contributed by atoms with van der Waals surface area (Å²) in [6.45, 7) is 4.05. The Kier molecular flexibility index (Phi) is 4.58. The van der Waals surface area contributed by atoms with Gasteiger partial charge >= 0.3 is 0 Å². The Balaban J connectivity index is 1.95. The quantitative estimate of drug-likeness (QED) is 0.939. The minimum absolute atomic E-state index is 0.138. The maximum absolute atomic E-state index is 13.2. The van der Waals surface area contributed by atoms with Crippen LogP contribution in [0.15, 0.2) is 48.8 Å². The Bertz CT molecular complexity index is 548. The second-order valence-corrected chi connectivity index (χ2v) is 5.38. The number of hydrogen-bond donors (Lipinski definition) is 1. The number of nitrogens with zero attached hydrogens (tertiary/aromatic N) is 2. The highest BCUT2D eigenvalue weighted by Gasteiger charge is 2.23. The van der Waals surface area contributed by atoms with Crippen molar-refractivity contribution in [3.05, 3.63) is 65.7 Å². The maximum atomic E-state index is 13.2. The topological polar surface area (TPSA) is 28.2 Å². The van der Waals surface area contributed by atoms with Crippen LogP contribution in [0.4, 0.5) is 4.39 Å². The lowest BCUT2D eigenvalue weighted by Gasteiger charge is -2.31. The summed E-state index contributed by atoms with van der Waals surface area (Å²) in [5.74, 6) is -0.193. The van der Waals surface area contributed by atoms with E-state index in [0.29, 0.717) is 0 Å². The van der Waals surface area contributed by atoms with Crippen molar-refractivity contribution in [1.82, 2.24) is 15.2 Å². The molecule has 1 atom stereocenters. The van der Waals surface area contributed by atoms with Crippen LogP contribution in [0.25, 0.3) is 0 Å². The lowest BCUT2D eigenvalue weighted by atomic mass is 9.98. The first-order chi connectivity index (χ1) is 10.3. The third-order valence-electron chi connectivity index (χ3n) is 3.93. The van der Waals surface area contributed by atoms with E-state index in [9.17, 15) is 4.39 Å². The first kappa shape index (κ1) is 14.2. The molecule has 0 spiro atoms. The van der Waals surface area contributed by atoms with Crippen LogP contribution < -0.4 is 5.32 Å². The lowest BCUT2D eigenvalue weighted by molar-refractivity contribution is 0.240. The average molecular weight is 285 g/mol. The van der Waals surface area contributed by atoms with Crippen molar-refractivity contribution in [1.29, 1.82) is 0 Å². The van der Waals surface area contributed by atoms with E-state index in [-0.39, 0.29) is 11.9 Å². The molecule has 2 aromatic rings. The molecule has 4 heteroatoms. The van der Waals surface area contributed by atoms with Crippen LogP contribution >= 0.6 is 0 Å². The number of pyridine rings is 1. The summed E-state index contributed by atoms with van der Waals surface area (Å²) >= 11 is 0. The zero-order chi connectivity index (χ0) is 14.5. The molecule has 0 radical (unpaired) electrons. The monoisotopic (exact) mass is 285 g/mol. The predicted octanol–water partition coefficient (Wildman–Crippen LogP) is 2.61. The fraction of sp³-hybridized carbons (Fsp3) is 0.353. The summed E-state index contributed by atoms with van der Waals surface area (Å²) in [6, 6.07) is 11.0. The van der Waals surface area contributed by atoms with Crippen LogP contribution in [0, 0.1) is 5.82 Å². The zero-order valence-electron chi connectivity index (χ0n) is 12.0. The first-order valence-corrected chi connectivity index (χ1v) is 7.45. The van der Waals surface area contributed by atoms with Crippen LogP contribution in [0.1, 0.15) is 23.6 Å². The minimum Gasteiger partial charge on any atom is -0.315 e. The van der Waals surface area contributed by atoms with E-state index < -0.39 is 0 Å². The second-order valence-electron chi connectivity index (χ2n) is 5.38. The van der Waals surface area contributed by atoms with Crippen LogP contribution in [-0.2, 0) is 0 Å². The molecule has 21 heavy (non-hydrogen) atoms. The molecule has 2 heterocycles. The molecular weight excluding hydrogens is 265 g/mol. The molecule has 1 aliphatic rings. The third kappa shape index (κ3) is 3.46. The van der Waals surface area contributed by atoms with Gasteiger partial charge in [0.15, 0.2) is 0 Å². The second kappa shape index (κ2) is 6.78. The summed E-state index contributed by atoms with van der Waals surface area (Å²) < 4.78 is 13.2. The fourth-order valence-corrected chi connectivity index (χ4v) is 2.92. The van der Waals surface area contributed by atoms with E-state index in [1.807, 2.05) is 24.4 Å². The Morgan fingerprint density at radius 2 is 1.90 bits per heavy atom. The van der Waals surface area contributed by atoms with E-state index in [1.54, 1.807) is 6.20 Å². The largest absolute Gasteiger partial charge is 0.315 e. The summed E-state index contributed by atoms with van der Waals surface area (Å²) in [6.07, 6.45) is 4.82. The number of aromatic nitrogens is 1. The zero-order valence-corrected chi connectivity index (χ0v) is 12.0. The van der Waals surface area contributed by atoms with Gasteiger partial charge in [0.2, 0.25) is 0 Å². The van der Waals surface area contributed by atoms with Gasteiger partial charge in [0, 0.05) is 32.0 Å². The molecule has 110 valence electrons. The number of rotatable bonds is 3. The molecule has 0 saturated carbocycles. The molecule has 3 nitrogen and oxygen atoms in total. The molecule has 1 saturated heterocycles. The van der Waals surface area contributed by atoms with Crippen LogP contribution in [0.2, 0.25) is 0 Å². The van der Waals surface area contributed by atoms with E-state index in [4.69, 9.17) is 0 Å². The van der Waals surface area contributed by atoms with Crippen LogP contribution in [-0.4, -0.2) is 36.1 Å². The fourth-order valence-electron chi connectivity index (χ4n) is 2.92. The normalized spacial score (nSPS) is 18.1. The van der Waals surface area contributed by atoms with E-state index in [0.717, 1.165) is 43.7 Å². The van der Waals surface area contributed by atoms with Crippen molar-refractivity contribution in [2.24, 2.45) is 0 Å².